The van der Waals surface area contributed by atoms with Gasteiger partial charge in [0.05, 0.1) is 9.79 Å². The van der Waals surface area contributed by atoms with Gasteiger partial charge in [0.1, 0.15) is 11.5 Å². The van der Waals surface area contributed by atoms with E-state index in [1.165, 1.54) is 56.3 Å². The molecule has 126 valence electrons. The third kappa shape index (κ3) is 3.99. The van der Waals surface area contributed by atoms with Crippen LogP contribution >= 0.6 is 0 Å². The van der Waals surface area contributed by atoms with Crippen LogP contribution in [-0.4, -0.2) is 20.4 Å². The summed E-state index contributed by atoms with van der Waals surface area (Å²) in [6.07, 6.45) is 0. The molecule has 6 nitrogen and oxygen atoms in total. The van der Waals surface area contributed by atoms with Gasteiger partial charge in [-0.15, -0.1) is 0 Å². The molecular weight excluding hydrogens is 332 g/mol. The predicted octanol–water partition coefficient (Wildman–Crippen LogP) is 2.68. The van der Waals surface area contributed by atoms with E-state index in [9.17, 15) is 18.0 Å². The molecule has 0 spiro atoms. The van der Waals surface area contributed by atoms with E-state index in [-0.39, 0.29) is 21.3 Å². The molecule has 0 N–H and O–H groups in total. The standard InChI is InChI=1S/C17H16O6S/c1-11-10-15(23-13(3)19)6-9-17(11)24(20,21)16-7-4-14(5-8-16)22-12(2)18/h4-10H,1-3H3. The van der Waals surface area contributed by atoms with Gasteiger partial charge in [0.2, 0.25) is 9.84 Å². The number of carbonyl (C=O) groups is 2. The Bertz CT molecular complexity index is 882. The molecule has 0 fully saturated rings. The number of rotatable bonds is 4. The van der Waals surface area contributed by atoms with Gasteiger partial charge in [0.15, 0.2) is 0 Å². The maximum Gasteiger partial charge on any atom is 0.308 e. The van der Waals surface area contributed by atoms with E-state index >= 15 is 0 Å². The van der Waals surface area contributed by atoms with Crippen LogP contribution in [0.3, 0.4) is 0 Å². The number of ether oxygens (including phenoxy) is 2. The highest BCUT2D eigenvalue weighted by atomic mass is 32.2. The van der Waals surface area contributed by atoms with Gasteiger partial charge >= 0.3 is 11.9 Å². The summed E-state index contributed by atoms with van der Waals surface area (Å²) >= 11 is 0. The predicted molar refractivity (Wildman–Crippen MR) is 85.7 cm³/mol. The molecule has 2 rings (SSSR count). The quantitative estimate of drug-likeness (QED) is 0.624. The first-order chi connectivity index (χ1) is 11.2. The molecule has 0 aromatic heterocycles. The summed E-state index contributed by atoms with van der Waals surface area (Å²) in [6, 6.07) is 9.87. The third-order valence-electron chi connectivity index (χ3n) is 3.09. The van der Waals surface area contributed by atoms with Gasteiger partial charge in [-0.25, -0.2) is 8.42 Å². The molecule has 0 aliphatic rings. The summed E-state index contributed by atoms with van der Waals surface area (Å²) in [5.41, 5.74) is 0.456. The zero-order valence-corrected chi connectivity index (χ0v) is 14.2. The fourth-order valence-corrected chi connectivity index (χ4v) is 3.61. The Morgan fingerprint density at radius 1 is 0.833 bits per heavy atom. The van der Waals surface area contributed by atoms with Crippen LogP contribution in [0.25, 0.3) is 0 Å². The second-order valence-corrected chi connectivity index (χ2v) is 7.01. The average molecular weight is 348 g/mol. The largest absolute Gasteiger partial charge is 0.427 e. The number of aryl methyl sites for hydroxylation is 1. The van der Waals surface area contributed by atoms with Crippen LogP contribution < -0.4 is 9.47 Å². The Morgan fingerprint density at radius 3 is 1.83 bits per heavy atom. The first-order valence-electron chi connectivity index (χ1n) is 7.03. The van der Waals surface area contributed by atoms with E-state index in [1.54, 1.807) is 6.92 Å². The van der Waals surface area contributed by atoms with Crippen molar-refractivity contribution in [1.29, 1.82) is 0 Å². The fraction of sp³-hybridized carbons (Fsp3) is 0.176. The molecule has 0 aliphatic carbocycles. The molecule has 0 aliphatic heterocycles. The van der Waals surface area contributed by atoms with Gasteiger partial charge in [-0.2, -0.15) is 0 Å². The number of sulfone groups is 1. The molecule has 0 unspecified atom stereocenters. The van der Waals surface area contributed by atoms with Crippen LogP contribution in [-0.2, 0) is 19.4 Å². The Kier molecular flexibility index (Phi) is 5.04. The van der Waals surface area contributed by atoms with E-state index in [0.717, 1.165) is 0 Å². The summed E-state index contributed by atoms with van der Waals surface area (Å²) in [5, 5.41) is 0. The minimum atomic E-state index is -3.74. The normalized spacial score (nSPS) is 11.0. The highest BCUT2D eigenvalue weighted by Crippen LogP contribution is 2.28. The van der Waals surface area contributed by atoms with Crippen LogP contribution in [0.1, 0.15) is 19.4 Å². The van der Waals surface area contributed by atoms with Crippen molar-refractivity contribution in [1.82, 2.24) is 0 Å². The van der Waals surface area contributed by atoms with Crippen molar-refractivity contribution >= 4 is 21.8 Å². The molecule has 0 saturated heterocycles. The van der Waals surface area contributed by atoms with Gasteiger partial charge in [0, 0.05) is 13.8 Å². The molecule has 0 amide bonds. The maximum absolute atomic E-state index is 12.7. The first-order valence-corrected chi connectivity index (χ1v) is 8.51. The Balaban J connectivity index is 2.36. The number of hydrogen-bond donors (Lipinski definition) is 0. The first kappa shape index (κ1) is 17.7. The van der Waals surface area contributed by atoms with E-state index < -0.39 is 21.8 Å². The number of hydrogen-bond acceptors (Lipinski definition) is 6. The summed E-state index contributed by atoms with van der Waals surface area (Å²) in [7, 11) is -3.74. The average Bonchev–Trinajstić information content (AvgIpc) is 2.46. The molecule has 7 heteroatoms. The lowest BCUT2D eigenvalue weighted by molar-refractivity contribution is -0.132. The molecule has 0 bridgehead atoms. The van der Waals surface area contributed by atoms with Crippen LogP contribution in [0.4, 0.5) is 0 Å². The monoisotopic (exact) mass is 348 g/mol. The topological polar surface area (TPSA) is 86.7 Å². The van der Waals surface area contributed by atoms with Gasteiger partial charge in [-0.05, 0) is 55.0 Å². The van der Waals surface area contributed by atoms with Crippen molar-refractivity contribution < 1.29 is 27.5 Å². The van der Waals surface area contributed by atoms with Crippen LogP contribution in [0, 0.1) is 6.92 Å². The number of carbonyl (C=O) groups excluding carboxylic acids is 2. The molecule has 24 heavy (non-hydrogen) atoms. The molecule has 0 radical (unpaired) electrons. The van der Waals surface area contributed by atoms with Gasteiger partial charge in [-0.3, -0.25) is 9.59 Å². The van der Waals surface area contributed by atoms with Crippen LogP contribution in [0.2, 0.25) is 0 Å². The summed E-state index contributed by atoms with van der Waals surface area (Å²) in [4.78, 5) is 22.0. The van der Waals surface area contributed by atoms with Gasteiger partial charge in [0.25, 0.3) is 0 Å². The second kappa shape index (κ2) is 6.84. The number of benzene rings is 2. The van der Waals surface area contributed by atoms with E-state index in [1.807, 2.05) is 0 Å². The fourth-order valence-electron chi connectivity index (χ4n) is 2.13. The second-order valence-electron chi connectivity index (χ2n) is 5.09. The van der Waals surface area contributed by atoms with Crippen molar-refractivity contribution in [3.05, 3.63) is 48.0 Å². The lowest BCUT2D eigenvalue weighted by atomic mass is 10.2. The van der Waals surface area contributed by atoms with Crippen LogP contribution in [0.15, 0.2) is 52.3 Å². The SMILES string of the molecule is CC(=O)Oc1ccc(S(=O)(=O)c2ccc(OC(C)=O)cc2C)cc1. The molecule has 2 aromatic carbocycles. The van der Waals surface area contributed by atoms with Crippen molar-refractivity contribution in [3.63, 3.8) is 0 Å². The molecule has 2 aromatic rings. The summed E-state index contributed by atoms with van der Waals surface area (Å²) in [5.74, 6) is -0.416. The summed E-state index contributed by atoms with van der Waals surface area (Å²) in [6.45, 7) is 4.15. The summed E-state index contributed by atoms with van der Waals surface area (Å²) < 4.78 is 35.2. The van der Waals surface area contributed by atoms with Crippen molar-refractivity contribution in [2.24, 2.45) is 0 Å². The Morgan fingerprint density at radius 2 is 1.33 bits per heavy atom. The highest BCUT2D eigenvalue weighted by Gasteiger charge is 2.20. The van der Waals surface area contributed by atoms with Crippen molar-refractivity contribution in [3.8, 4) is 11.5 Å². The smallest absolute Gasteiger partial charge is 0.308 e. The van der Waals surface area contributed by atoms with Gasteiger partial charge in [-0.1, -0.05) is 0 Å². The maximum atomic E-state index is 12.7. The minimum absolute atomic E-state index is 0.0711. The van der Waals surface area contributed by atoms with E-state index in [4.69, 9.17) is 9.47 Å². The zero-order valence-electron chi connectivity index (χ0n) is 13.4. The Hall–Kier alpha value is -2.67. The van der Waals surface area contributed by atoms with E-state index in [0.29, 0.717) is 5.56 Å². The van der Waals surface area contributed by atoms with Crippen LogP contribution in [0.5, 0.6) is 11.5 Å². The van der Waals surface area contributed by atoms with Gasteiger partial charge < -0.3 is 9.47 Å². The lowest BCUT2D eigenvalue weighted by Gasteiger charge is -2.10. The Labute approximate surface area is 139 Å². The minimum Gasteiger partial charge on any atom is -0.427 e. The van der Waals surface area contributed by atoms with E-state index in [2.05, 4.69) is 0 Å². The molecule has 0 heterocycles. The molecular formula is C17H16O6S. The highest BCUT2D eigenvalue weighted by molar-refractivity contribution is 7.91. The third-order valence-corrected chi connectivity index (χ3v) is 5.02. The van der Waals surface area contributed by atoms with Crippen molar-refractivity contribution in [2.75, 3.05) is 0 Å². The zero-order chi connectivity index (χ0) is 17.9. The van der Waals surface area contributed by atoms with Crippen molar-refractivity contribution in [2.45, 2.75) is 30.6 Å². The number of esters is 2. The molecule has 0 saturated carbocycles. The molecule has 0 atom stereocenters. The lowest BCUT2D eigenvalue weighted by Crippen LogP contribution is -2.06.